The zero-order valence-corrected chi connectivity index (χ0v) is 40.3. The van der Waals surface area contributed by atoms with Crippen LogP contribution in [-0.2, 0) is 85.6 Å². The van der Waals surface area contributed by atoms with Gasteiger partial charge in [-0.05, 0) is 124 Å². The lowest BCUT2D eigenvalue weighted by Crippen LogP contribution is -2.61. The van der Waals surface area contributed by atoms with E-state index in [-0.39, 0.29) is 106 Å². The van der Waals surface area contributed by atoms with Gasteiger partial charge in [-0.1, -0.05) is 19.7 Å². The first-order chi connectivity index (χ1) is 32.1. The summed E-state index contributed by atoms with van der Waals surface area (Å²) < 4.78 is 69.6. The highest BCUT2D eigenvalue weighted by molar-refractivity contribution is 6.02. The molecule has 3 saturated heterocycles. The van der Waals surface area contributed by atoms with Crippen LogP contribution in [0.5, 0.6) is 0 Å². The number of carbonyl (C=O) groups excluding carboxylic acids is 6. The van der Waals surface area contributed by atoms with Gasteiger partial charge in [0.2, 0.25) is 0 Å². The molecule has 9 rings (SSSR count). The van der Waals surface area contributed by atoms with E-state index in [0.717, 1.165) is 0 Å². The fourth-order valence-electron chi connectivity index (χ4n) is 12.9. The molecular weight excluding hydrogens is 889 g/mol. The highest BCUT2D eigenvalue weighted by Gasteiger charge is 2.76. The molecule has 0 aromatic heterocycles. The lowest BCUT2D eigenvalue weighted by atomic mass is 9.76. The van der Waals surface area contributed by atoms with Crippen LogP contribution in [0.25, 0.3) is 0 Å². The van der Waals surface area contributed by atoms with E-state index in [0.29, 0.717) is 38.5 Å². The maximum Gasteiger partial charge on any atom is 0.334 e. The number of carbonyl (C=O) groups is 6. The Morgan fingerprint density at radius 2 is 0.824 bits per heavy atom. The Bertz CT molecular complexity index is 2130. The van der Waals surface area contributed by atoms with Gasteiger partial charge in [0.1, 0.15) is 25.2 Å². The third-order valence-corrected chi connectivity index (χ3v) is 16.9. The molecule has 18 heteroatoms. The summed E-state index contributed by atoms with van der Waals surface area (Å²) >= 11 is 0. The molecule has 6 aliphatic carbocycles. The smallest absolute Gasteiger partial charge is 0.334 e. The predicted molar refractivity (Wildman–Crippen MR) is 231 cm³/mol. The number of ether oxygens (including phenoxy) is 12. The number of hydrogen-bond acceptors (Lipinski definition) is 18. The average Bonchev–Trinajstić information content (AvgIpc) is 4.20. The van der Waals surface area contributed by atoms with Crippen LogP contribution in [0.15, 0.2) is 36.5 Å². The van der Waals surface area contributed by atoms with Crippen molar-refractivity contribution < 1.29 is 85.6 Å². The molecule has 0 spiro atoms. The molecule has 0 aromatic rings. The first kappa shape index (κ1) is 48.8. The second-order valence-electron chi connectivity index (χ2n) is 21.4. The summed E-state index contributed by atoms with van der Waals surface area (Å²) in [5.41, 5.74) is -6.38. The predicted octanol–water partition coefficient (Wildman–Crippen LogP) is 5.50. The van der Waals surface area contributed by atoms with Gasteiger partial charge < -0.3 is 56.8 Å². The third kappa shape index (κ3) is 7.65. The van der Waals surface area contributed by atoms with Crippen molar-refractivity contribution in [2.45, 2.75) is 144 Å². The molecule has 0 bridgehead atoms. The van der Waals surface area contributed by atoms with Gasteiger partial charge in [0.25, 0.3) is 0 Å². The third-order valence-electron chi connectivity index (χ3n) is 16.9. The average molecular weight is 955 g/mol. The largest absolute Gasteiger partial charge is 0.465 e. The zero-order chi connectivity index (χ0) is 49.0. The van der Waals surface area contributed by atoms with Gasteiger partial charge in [-0.15, -0.1) is 0 Å². The maximum absolute atomic E-state index is 14.1. The van der Waals surface area contributed by atoms with Crippen LogP contribution < -0.4 is 0 Å². The van der Waals surface area contributed by atoms with E-state index in [2.05, 4.69) is 19.7 Å². The second-order valence-corrected chi connectivity index (χ2v) is 21.4. The standard InChI is InChI=1S/C50H66O18/c1-11-57-38(54)48(39(55)58-12-2)17-32-14-45(32,20-48)26(4)35(51)60-23-44(10,24-61-36(52)27(5)46-15-33(46)18-49(21-46,40(56)59-13-3)41-63-29(7)64-41)25-62-37(53)28(6)47-16-34(47)19-50(22-47,42-65-30(8)66-42)43-67-31(9)68-43/h29-34,41-43H,4-6,11-25H2,1-3,7-10H3. The van der Waals surface area contributed by atoms with Crippen molar-refractivity contribution in [2.24, 2.45) is 55.7 Å². The van der Waals surface area contributed by atoms with Crippen molar-refractivity contribution in [1.29, 1.82) is 0 Å². The quantitative estimate of drug-likeness (QED) is 0.0602. The summed E-state index contributed by atoms with van der Waals surface area (Å²) in [7, 11) is 0. The molecule has 18 nitrogen and oxygen atoms in total. The molecule has 8 atom stereocenters. The van der Waals surface area contributed by atoms with E-state index >= 15 is 0 Å². The van der Waals surface area contributed by atoms with Crippen molar-refractivity contribution in [2.75, 3.05) is 39.6 Å². The molecule has 3 aliphatic heterocycles. The molecule has 8 unspecified atom stereocenters. The molecular formula is C50H66O18. The molecule has 9 aliphatic rings. The number of rotatable bonds is 21. The van der Waals surface area contributed by atoms with Crippen molar-refractivity contribution in [1.82, 2.24) is 0 Å². The molecule has 6 saturated carbocycles. The molecule has 9 fully saturated rings. The summed E-state index contributed by atoms with van der Waals surface area (Å²) in [6, 6.07) is 0. The lowest BCUT2D eigenvalue weighted by Gasteiger charge is -2.53. The summed E-state index contributed by atoms with van der Waals surface area (Å²) in [6.07, 6.45) is 0.478. The normalized spacial score (nSPS) is 41.2. The van der Waals surface area contributed by atoms with Crippen LogP contribution in [0.1, 0.15) is 106 Å². The summed E-state index contributed by atoms with van der Waals surface area (Å²) in [5, 5.41) is 0. The van der Waals surface area contributed by atoms with Crippen molar-refractivity contribution in [3.05, 3.63) is 36.5 Å². The highest BCUT2D eigenvalue weighted by Crippen LogP contribution is 2.77. The minimum atomic E-state index is -1.59. The van der Waals surface area contributed by atoms with Gasteiger partial charge in [-0.2, -0.15) is 0 Å². The molecule has 0 aromatic carbocycles. The van der Waals surface area contributed by atoms with Crippen molar-refractivity contribution in [3.8, 4) is 0 Å². The van der Waals surface area contributed by atoms with E-state index in [4.69, 9.17) is 56.8 Å². The molecule has 374 valence electrons. The van der Waals surface area contributed by atoms with Crippen LogP contribution in [0.2, 0.25) is 0 Å². The monoisotopic (exact) mass is 954 g/mol. The maximum atomic E-state index is 14.1. The van der Waals surface area contributed by atoms with Gasteiger partial charge in [0, 0.05) is 33.0 Å². The first-order valence-corrected chi connectivity index (χ1v) is 24.2. The summed E-state index contributed by atoms with van der Waals surface area (Å²) in [4.78, 5) is 82.1. The fraction of sp³-hybridized carbons (Fsp3) is 0.760. The Morgan fingerprint density at radius 1 is 0.471 bits per heavy atom. The Morgan fingerprint density at radius 3 is 1.25 bits per heavy atom. The van der Waals surface area contributed by atoms with Crippen LogP contribution in [0, 0.1) is 55.7 Å². The van der Waals surface area contributed by atoms with Gasteiger partial charge in [-0.3, -0.25) is 14.4 Å². The topological polar surface area (TPSA) is 213 Å². The van der Waals surface area contributed by atoms with Crippen molar-refractivity contribution >= 4 is 35.8 Å². The van der Waals surface area contributed by atoms with Crippen LogP contribution in [0.4, 0.5) is 0 Å². The van der Waals surface area contributed by atoms with Crippen molar-refractivity contribution in [3.63, 3.8) is 0 Å². The Labute approximate surface area is 396 Å². The fourth-order valence-corrected chi connectivity index (χ4v) is 12.9. The Kier molecular flexibility index (Phi) is 12.2. The second kappa shape index (κ2) is 17.0. The molecule has 68 heavy (non-hydrogen) atoms. The molecule has 3 heterocycles. The van der Waals surface area contributed by atoms with Crippen LogP contribution in [0.3, 0.4) is 0 Å². The minimum absolute atomic E-state index is 0.0225. The molecule has 0 amide bonds. The van der Waals surface area contributed by atoms with E-state index in [1.165, 1.54) is 0 Å². The van der Waals surface area contributed by atoms with E-state index in [1.54, 1.807) is 34.6 Å². The highest BCUT2D eigenvalue weighted by atomic mass is 16.9. The molecule has 0 radical (unpaired) electrons. The Hall–Kier alpha value is -4.20. The molecule has 0 N–H and O–H groups in total. The first-order valence-electron chi connectivity index (χ1n) is 24.2. The van der Waals surface area contributed by atoms with E-state index < -0.39 is 98.9 Å². The van der Waals surface area contributed by atoms with Gasteiger partial charge in [0.15, 0.2) is 43.2 Å². The van der Waals surface area contributed by atoms with Gasteiger partial charge in [-0.25, -0.2) is 14.4 Å². The number of esters is 6. The number of fused-ring (bicyclic) bond motifs is 3. The minimum Gasteiger partial charge on any atom is -0.465 e. The summed E-state index contributed by atoms with van der Waals surface area (Å²) in [5.74, 6) is -4.22. The van der Waals surface area contributed by atoms with E-state index in [9.17, 15) is 28.8 Å². The van der Waals surface area contributed by atoms with Gasteiger partial charge in [0.05, 0.1) is 30.7 Å². The van der Waals surface area contributed by atoms with Crippen LogP contribution >= 0.6 is 0 Å². The summed E-state index contributed by atoms with van der Waals surface area (Å²) in [6.45, 7) is 23.7. The SMILES string of the molecule is C=C(C(=O)OCC(C)(COC(=O)C(=C)C12CC1CC(C(=O)OCC)(C1OC(C)O1)C2)COC(=O)C(=C)C12CC1CC(C1OC(C)O1)(C1OC(C)O1)C2)C12CC1CC(C(=O)OCC)(C(=O)OCC)C2. The number of hydrogen-bond donors (Lipinski definition) is 0. The lowest BCUT2D eigenvalue weighted by molar-refractivity contribution is -0.481. The Balaban J connectivity index is 0.887. The van der Waals surface area contributed by atoms with Gasteiger partial charge >= 0.3 is 35.8 Å². The zero-order valence-electron chi connectivity index (χ0n) is 40.3. The van der Waals surface area contributed by atoms with Crippen LogP contribution in [-0.4, -0.2) is 113 Å². The van der Waals surface area contributed by atoms with E-state index in [1.807, 2.05) is 13.8 Å².